The Hall–Kier alpha value is -2.03. The Morgan fingerprint density at radius 1 is 1.20 bits per heavy atom. The van der Waals surface area contributed by atoms with Crippen LogP contribution in [0.25, 0.3) is 11.3 Å². The summed E-state index contributed by atoms with van der Waals surface area (Å²) in [6.45, 7) is 2.13. The van der Waals surface area contributed by atoms with Gasteiger partial charge in [0.05, 0.1) is 12.3 Å². The molecule has 0 amide bonds. The van der Waals surface area contributed by atoms with E-state index in [1.54, 1.807) is 0 Å². The van der Waals surface area contributed by atoms with Gasteiger partial charge in [-0.15, -0.1) is 0 Å². The Bertz CT molecular complexity index is 814. The lowest BCUT2D eigenvalue weighted by molar-refractivity contribution is 0.184. The minimum Gasteiger partial charge on any atom is -0.474 e. The van der Waals surface area contributed by atoms with Crippen LogP contribution in [0.2, 0.25) is 0 Å². The van der Waals surface area contributed by atoms with Crippen molar-refractivity contribution in [3.8, 4) is 17.1 Å². The number of nitrogens with zero attached hydrogens (tertiary/aromatic N) is 2. The molecule has 0 spiro atoms. The maximum Gasteiger partial charge on any atom is 0.333 e. The van der Waals surface area contributed by atoms with E-state index in [1.807, 2.05) is 36.4 Å². The molecule has 2 N–H and O–H groups in total. The van der Waals surface area contributed by atoms with Crippen LogP contribution in [0.3, 0.4) is 0 Å². The minimum absolute atomic E-state index is 0.0393. The zero-order valence-corrected chi connectivity index (χ0v) is 14.7. The smallest absolute Gasteiger partial charge is 0.333 e. The Morgan fingerprint density at radius 3 is 2.68 bits per heavy atom. The van der Waals surface area contributed by atoms with Gasteiger partial charge in [-0.05, 0) is 24.7 Å². The number of ether oxygens (including phenoxy) is 1. The fourth-order valence-electron chi connectivity index (χ4n) is 3.13. The van der Waals surface area contributed by atoms with E-state index in [0.717, 1.165) is 17.7 Å². The second-order valence-corrected chi connectivity index (χ2v) is 7.55. The van der Waals surface area contributed by atoms with Crippen molar-refractivity contribution in [3.05, 3.63) is 42.7 Å². The molecule has 25 heavy (non-hydrogen) atoms. The predicted octanol–water partition coefficient (Wildman–Crippen LogP) is 2.16. The van der Waals surface area contributed by atoms with E-state index >= 15 is 0 Å². The average molecular weight is 363 g/mol. The molecule has 1 fully saturated rings. The van der Waals surface area contributed by atoms with Crippen LogP contribution in [0, 0.1) is 11.8 Å². The predicted molar refractivity (Wildman–Crippen MR) is 92.8 cm³/mol. The number of aromatic nitrogens is 2. The van der Waals surface area contributed by atoms with Gasteiger partial charge in [0.25, 0.3) is 0 Å². The first-order chi connectivity index (χ1) is 11.9. The molecule has 1 aliphatic carbocycles. The van der Waals surface area contributed by atoms with Crippen molar-refractivity contribution in [2.24, 2.45) is 17.0 Å². The summed E-state index contributed by atoms with van der Waals surface area (Å²) in [7, 11) is -3.91. The molecule has 3 atom stereocenters. The second-order valence-electron chi connectivity index (χ2n) is 6.33. The van der Waals surface area contributed by atoms with Gasteiger partial charge in [-0.1, -0.05) is 37.3 Å². The van der Waals surface area contributed by atoms with Crippen LogP contribution in [0.15, 0.2) is 42.7 Å². The summed E-state index contributed by atoms with van der Waals surface area (Å²) in [5.41, 5.74) is 1.79. The Kier molecular flexibility index (Phi) is 5.31. The molecule has 1 heterocycles. The highest BCUT2D eigenvalue weighted by molar-refractivity contribution is 7.84. The van der Waals surface area contributed by atoms with E-state index in [9.17, 15) is 8.42 Å². The molecule has 7 nitrogen and oxygen atoms in total. The van der Waals surface area contributed by atoms with Crippen LogP contribution in [-0.4, -0.2) is 31.1 Å². The molecule has 0 saturated heterocycles. The molecule has 0 unspecified atom stereocenters. The van der Waals surface area contributed by atoms with E-state index in [1.165, 1.54) is 6.33 Å². The van der Waals surface area contributed by atoms with Gasteiger partial charge in [0.2, 0.25) is 5.88 Å². The number of hydrogen-bond acceptors (Lipinski definition) is 6. The second kappa shape index (κ2) is 7.47. The summed E-state index contributed by atoms with van der Waals surface area (Å²) in [5, 5.41) is 4.89. The van der Waals surface area contributed by atoms with Crippen molar-refractivity contribution in [3.63, 3.8) is 0 Å². The zero-order valence-electron chi connectivity index (χ0n) is 13.9. The summed E-state index contributed by atoms with van der Waals surface area (Å²) >= 11 is 0. The van der Waals surface area contributed by atoms with Crippen molar-refractivity contribution in [2.75, 3.05) is 6.61 Å². The molecule has 0 aliphatic heterocycles. The molecule has 1 saturated carbocycles. The zero-order chi connectivity index (χ0) is 17.9. The fraction of sp³-hybridized carbons (Fsp3) is 0.412. The molecule has 1 aromatic heterocycles. The highest BCUT2D eigenvalue weighted by Gasteiger charge is 2.33. The third-order valence-electron chi connectivity index (χ3n) is 4.45. The maximum absolute atomic E-state index is 10.9. The van der Waals surface area contributed by atoms with Gasteiger partial charge in [-0.25, -0.2) is 15.1 Å². The lowest BCUT2D eigenvalue weighted by atomic mass is 10.00. The summed E-state index contributed by atoms with van der Waals surface area (Å²) < 4.78 is 32.6. The Balaban J connectivity index is 1.63. The first-order valence-electron chi connectivity index (χ1n) is 8.12. The Morgan fingerprint density at radius 2 is 1.96 bits per heavy atom. The van der Waals surface area contributed by atoms with E-state index in [2.05, 4.69) is 16.9 Å². The first kappa shape index (κ1) is 17.8. The van der Waals surface area contributed by atoms with Crippen molar-refractivity contribution < 1.29 is 17.3 Å². The highest BCUT2D eigenvalue weighted by atomic mass is 32.2. The summed E-state index contributed by atoms with van der Waals surface area (Å²) in [5.74, 6) is 0.875. The minimum atomic E-state index is -3.91. The topological polar surface area (TPSA) is 104 Å². The summed E-state index contributed by atoms with van der Waals surface area (Å²) in [6, 6.07) is 11.6. The molecule has 2 aromatic rings. The normalized spacial score (nSPS) is 23.5. The fourth-order valence-corrected chi connectivity index (χ4v) is 3.49. The van der Waals surface area contributed by atoms with Gasteiger partial charge in [0.15, 0.2) is 0 Å². The molecule has 8 heteroatoms. The largest absolute Gasteiger partial charge is 0.474 e. The van der Waals surface area contributed by atoms with Crippen LogP contribution < -0.4 is 9.88 Å². The third kappa shape index (κ3) is 4.97. The van der Waals surface area contributed by atoms with Gasteiger partial charge < -0.3 is 4.74 Å². The van der Waals surface area contributed by atoms with E-state index in [4.69, 9.17) is 14.1 Å². The van der Waals surface area contributed by atoms with Crippen molar-refractivity contribution in [1.82, 2.24) is 9.97 Å². The molecule has 1 aliphatic rings. The lowest BCUT2D eigenvalue weighted by Crippen LogP contribution is -2.22. The number of nitrogens with two attached hydrogens (primary N) is 1. The quantitative estimate of drug-likeness (QED) is 0.843. The first-order valence-corrected chi connectivity index (χ1v) is 9.59. The van der Waals surface area contributed by atoms with Crippen molar-refractivity contribution in [1.29, 1.82) is 0 Å². The van der Waals surface area contributed by atoms with E-state index in [-0.39, 0.29) is 24.5 Å². The lowest BCUT2D eigenvalue weighted by Gasteiger charge is -2.14. The number of hydrogen-bond donors (Lipinski definition) is 1. The van der Waals surface area contributed by atoms with Crippen LogP contribution in [0.5, 0.6) is 5.88 Å². The Labute approximate surface area is 147 Å². The SMILES string of the molecule is C[C@H]1C[C@H](Oc2cc(-c3ccccc3)ncn2)C[C@H]1COS(N)(=O)=O. The average Bonchev–Trinajstić information content (AvgIpc) is 2.93. The van der Waals surface area contributed by atoms with Gasteiger partial charge in [-0.2, -0.15) is 8.42 Å². The van der Waals surface area contributed by atoms with Gasteiger partial charge >= 0.3 is 10.3 Å². The van der Waals surface area contributed by atoms with Crippen LogP contribution in [0.4, 0.5) is 0 Å². The molecule has 0 bridgehead atoms. The van der Waals surface area contributed by atoms with Crippen molar-refractivity contribution in [2.45, 2.75) is 25.9 Å². The maximum atomic E-state index is 10.9. The van der Waals surface area contributed by atoms with Crippen LogP contribution in [0.1, 0.15) is 19.8 Å². The van der Waals surface area contributed by atoms with E-state index in [0.29, 0.717) is 12.3 Å². The summed E-state index contributed by atoms with van der Waals surface area (Å²) in [6.07, 6.45) is 2.95. The molecule has 134 valence electrons. The van der Waals surface area contributed by atoms with Gasteiger partial charge in [0, 0.05) is 11.6 Å². The molecular formula is C17H21N3O4S. The van der Waals surface area contributed by atoms with Gasteiger partial charge in [-0.3, -0.25) is 4.18 Å². The molecular weight excluding hydrogens is 342 g/mol. The molecule has 1 aromatic carbocycles. The molecule has 0 radical (unpaired) electrons. The molecule has 3 rings (SSSR count). The standard InChI is InChI=1S/C17H21N3O4S/c1-12-7-15(8-14(12)10-23-25(18,21)22)24-17-9-16(19-11-20-17)13-5-3-2-4-6-13/h2-6,9,11-12,14-15H,7-8,10H2,1H3,(H2,18,21,22)/t12-,14-,15-/m0/s1. The number of rotatable bonds is 6. The van der Waals surface area contributed by atoms with Crippen LogP contribution >= 0.6 is 0 Å². The summed E-state index contributed by atoms with van der Waals surface area (Å²) in [4.78, 5) is 8.46. The monoisotopic (exact) mass is 363 g/mol. The number of benzene rings is 1. The third-order valence-corrected chi connectivity index (χ3v) is 4.92. The highest BCUT2D eigenvalue weighted by Crippen LogP contribution is 2.34. The van der Waals surface area contributed by atoms with Gasteiger partial charge in [0.1, 0.15) is 12.4 Å². The van der Waals surface area contributed by atoms with E-state index < -0.39 is 10.3 Å². The van der Waals surface area contributed by atoms with Crippen molar-refractivity contribution >= 4 is 10.3 Å². The van der Waals surface area contributed by atoms with Crippen LogP contribution in [-0.2, 0) is 14.5 Å².